The Hall–Kier alpha value is -1.33. The molecule has 0 saturated heterocycles. The highest BCUT2D eigenvalue weighted by Gasteiger charge is 2.03. The van der Waals surface area contributed by atoms with E-state index >= 15 is 0 Å². The highest BCUT2D eigenvalue weighted by atomic mass is 19.1. The van der Waals surface area contributed by atoms with E-state index in [2.05, 4.69) is 17.2 Å². The first-order valence-electron chi connectivity index (χ1n) is 5.51. The van der Waals surface area contributed by atoms with Crippen molar-refractivity contribution in [3.05, 3.63) is 34.6 Å². The first kappa shape index (κ1) is 12.7. The highest BCUT2D eigenvalue weighted by Crippen LogP contribution is 2.14. The van der Waals surface area contributed by atoms with Gasteiger partial charge in [0.1, 0.15) is 5.82 Å². The largest absolute Gasteiger partial charge is 0.312 e. The molecule has 0 fully saturated rings. The van der Waals surface area contributed by atoms with Gasteiger partial charge in [0.05, 0.1) is 0 Å². The lowest BCUT2D eigenvalue weighted by atomic mass is 10.1. The molecule has 1 aromatic carbocycles. The molecule has 1 rings (SSSR count). The third kappa shape index (κ3) is 3.67. The molecule has 0 radical (unpaired) electrons. The van der Waals surface area contributed by atoms with Crippen molar-refractivity contribution >= 4 is 0 Å². The predicted octanol–water partition coefficient (Wildman–Crippen LogP) is 2.95. The fraction of sp³-hybridized carbons (Fsp3) is 0.429. The second-order valence-corrected chi connectivity index (χ2v) is 3.90. The Labute approximate surface area is 97.1 Å². The van der Waals surface area contributed by atoms with Gasteiger partial charge in [-0.1, -0.05) is 12.1 Å². The summed E-state index contributed by atoms with van der Waals surface area (Å²) in [7, 11) is 0. The van der Waals surface area contributed by atoms with Crippen LogP contribution in [0.5, 0.6) is 0 Å². The van der Waals surface area contributed by atoms with Gasteiger partial charge in [-0.05, 0) is 37.5 Å². The SMILES string of the molecule is CC#CCCNCc1cc(C)c(F)c(C)c1. The summed E-state index contributed by atoms with van der Waals surface area (Å²) in [5.41, 5.74) is 2.55. The average Bonchev–Trinajstić information content (AvgIpc) is 2.25. The van der Waals surface area contributed by atoms with E-state index in [0.29, 0.717) is 11.1 Å². The molecule has 0 heterocycles. The highest BCUT2D eigenvalue weighted by molar-refractivity contribution is 5.30. The first-order chi connectivity index (χ1) is 7.65. The number of rotatable bonds is 4. The van der Waals surface area contributed by atoms with E-state index in [1.165, 1.54) is 0 Å². The van der Waals surface area contributed by atoms with E-state index in [1.807, 2.05) is 19.1 Å². The lowest BCUT2D eigenvalue weighted by molar-refractivity contribution is 0.606. The molecule has 0 bridgehead atoms. The Balaban J connectivity index is 2.50. The van der Waals surface area contributed by atoms with Crippen molar-refractivity contribution in [2.45, 2.75) is 33.7 Å². The molecule has 0 aliphatic rings. The van der Waals surface area contributed by atoms with Crippen LogP contribution in [0.1, 0.15) is 30.0 Å². The standard InChI is InChI=1S/C14H18FN/c1-4-5-6-7-16-10-13-8-11(2)14(15)12(3)9-13/h8-9,16H,6-7,10H2,1-3H3. The molecule has 0 aliphatic heterocycles. The zero-order chi connectivity index (χ0) is 12.0. The summed E-state index contributed by atoms with van der Waals surface area (Å²) >= 11 is 0. The molecule has 0 atom stereocenters. The molecular formula is C14H18FN. The van der Waals surface area contributed by atoms with Crippen LogP contribution < -0.4 is 5.32 Å². The minimum atomic E-state index is -0.0967. The summed E-state index contributed by atoms with van der Waals surface area (Å²) in [4.78, 5) is 0. The average molecular weight is 219 g/mol. The summed E-state index contributed by atoms with van der Waals surface area (Å²) in [6, 6.07) is 3.78. The maximum absolute atomic E-state index is 13.4. The van der Waals surface area contributed by atoms with Gasteiger partial charge in [-0.15, -0.1) is 11.8 Å². The summed E-state index contributed by atoms with van der Waals surface area (Å²) in [5.74, 6) is 5.75. The van der Waals surface area contributed by atoms with E-state index in [-0.39, 0.29) is 5.82 Å². The van der Waals surface area contributed by atoms with E-state index in [9.17, 15) is 4.39 Å². The Morgan fingerprint density at radius 2 is 1.88 bits per heavy atom. The van der Waals surface area contributed by atoms with E-state index in [0.717, 1.165) is 25.1 Å². The fourth-order valence-corrected chi connectivity index (χ4v) is 1.65. The molecule has 0 saturated carbocycles. The number of halogens is 1. The minimum Gasteiger partial charge on any atom is -0.312 e. The van der Waals surface area contributed by atoms with Gasteiger partial charge in [0.2, 0.25) is 0 Å². The van der Waals surface area contributed by atoms with E-state index in [1.54, 1.807) is 13.8 Å². The Kier molecular flexibility index (Phi) is 5.01. The number of hydrogen-bond donors (Lipinski definition) is 1. The quantitative estimate of drug-likeness (QED) is 0.606. The van der Waals surface area contributed by atoms with Crippen LogP contribution in [0.3, 0.4) is 0 Å². The van der Waals surface area contributed by atoms with Crippen LogP contribution in [-0.4, -0.2) is 6.54 Å². The van der Waals surface area contributed by atoms with Gasteiger partial charge < -0.3 is 5.32 Å². The van der Waals surface area contributed by atoms with Crippen molar-refractivity contribution in [3.8, 4) is 11.8 Å². The number of benzene rings is 1. The number of aryl methyl sites for hydroxylation is 2. The molecule has 16 heavy (non-hydrogen) atoms. The minimum absolute atomic E-state index is 0.0967. The number of hydrogen-bond acceptors (Lipinski definition) is 1. The predicted molar refractivity (Wildman–Crippen MR) is 65.6 cm³/mol. The maximum Gasteiger partial charge on any atom is 0.129 e. The first-order valence-corrected chi connectivity index (χ1v) is 5.51. The third-order valence-corrected chi connectivity index (χ3v) is 2.43. The normalized spacial score (nSPS) is 9.75. The second-order valence-electron chi connectivity index (χ2n) is 3.90. The van der Waals surface area contributed by atoms with Crippen LogP contribution in [0.4, 0.5) is 4.39 Å². The lowest BCUT2D eigenvalue weighted by Gasteiger charge is -2.07. The zero-order valence-corrected chi connectivity index (χ0v) is 10.2. The molecule has 2 heteroatoms. The molecule has 0 amide bonds. The van der Waals surface area contributed by atoms with Crippen LogP contribution in [-0.2, 0) is 6.54 Å². The van der Waals surface area contributed by atoms with Gasteiger partial charge in [-0.25, -0.2) is 4.39 Å². The van der Waals surface area contributed by atoms with Crippen LogP contribution >= 0.6 is 0 Å². The van der Waals surface area contributed by atoms with E-state index in [4.69, 9.17) is 0 Å². The van der Waals surface area contributed by atoms with Gasteiger partial charge in [-0.3, -0.25) is 0 Å². The Morgan fingerprint density at radius 3 is 2.44 bits per heavy atom. The van der Waals surface area contributed by atoms with Crippen molar-refractivity contribution in [2.75, 3.05) is 6.54 Å². The summed E-state index contributed by atoms with van der Waals surface area (Å²) in [5, 5.41) is 3.29. The van der Waals surface area contributed by atoms with Crippen molar-refractivity contribution in [3.63, 3.8) is 0 Å². The fourth-order valence-electron chi connectivity index (χ4n) is 1.65. The molecule has 0 spiro atoms. The van der Waals surface area contributed by atoms with Crippen LogP contribution in [0, 0.1) is 31.5 Å². The van der Waals surface area contributed by atoms with Crippen LogP contribution in [0.25, 0.3) is 0 Å². The van der Waals surface area contributed by atoms with Gasteiger partial charge in [0, 0.05) is 19.5 Å². The Morgan fingerprint density at radius 1 is 1.25 bits per heavy atom. The molecule has 86 valence electrons. The summed E-state index contributed by atoms with van der Waals surface area (Å²) in [6.45, 7) is 7.08. The van der Waals surface area contributed by atoms with Gasteiger partial charge in [0.15, 0.2) is 0 Å². The molecular weight excluding hydrogens is 201 g/mol. The van der Waals surface area contributed by atoms with Gasteiger partial charge >= 0.3 is 0 Å². The smallest absolute Gasteiger partial charge is 0.129 e. The van der Waals surface area contributed by atoms with Gasteiger partial charge in [-0.2, -0.15) is 0 Å². The topological polar surface area (TPSA) is 12.0 Å². The second kappa shape index (κ2) is 6.30. The summed E-state index contributed by atoms with van der Waals surface area (Å²) in [6.07, 6.45) is 0.857. The van der Waals surface area contributed by atoms with Crippen molar-refractivity contribution in [1.82, 2.24) is 5.32 Å². The third-order valence-electron chi connectivity index (χ3n) is 2.43. The monoisotopic (exact) mass is 219 g/mol. The Bertz CT molecular complexity index is 389. The maximum atomic E-state index is 13.4. The molecule has 0 unspecified atom stereocenters. The molecule has 0 aliphatic carbocycles. The molecule has 1 aromatic rings. The molecule has 1 nitrogen and oxygen atoms in total. The van der Waals surface area contributed by atoms with Crippen molar-refractivity contribution in [2.24, 2.45) is 0 Å². The van der Waals surface area contributed by atoms with Crippen molar-refractivity contribution < 1.29 is 4.39 Å². The number of nitrogens with one attached hydrogen (secondary N) is 1. The zero-order valence-electron chi connectivity index (χ0n) is 10.2. The molecule has 1 N–H and O–H groups in total. The van der Waals surface area contributed by atoms with E-state index < -0.39 is 0 Å². The summed E-state index contributed by atoms with van der Waals surface area (Å²) < 4.78 is 13.4. The van der Waals surface area contributed by atoms with Crippen molar-refractivity contribution in [1.29, 1.82) is 0 Å². The van der Waals surface area contributed by atoms with Gasteiger partial charge in [0.25, 0.3) is 0 Å². The van der Waals surface area contributed by atoms with Crippen LogP contribution in [0.15, 0.2) is 12.1 Å². The molecule has 0 aromatic heterocycles. The lowest BCUT2D eigenvalue weighted by Crippen LogP contribution is -2.14. The van der Waals surface area contributed by atoms with Crippen LogP contribution in [0.2, 0.25) is 0 Å².